The number of fused-ring (bicyclic) bond motifs is 1. The van der Waals surface area contributed by atoms with Gasteiger partial charge in [-0.15, -0.1) is 11.3 Å². The summed E-state index contributed by atoms with van der Waals surface area (Å²) in [6.07, 6.45) is 1.96. The molecule has 3 aromatic rings. The Morgan fingerprint density at radius 1 is 1.09 bits per heavy atom. The summed E-state index contributed by atoms with van der Waals surface area (Å²) in [7, 11) is 0. The second-order valence-corrected chi connectivity index (χ2v) is 6.67. The van der Waals surface area contributed by atoms with Gasteiger partial charge in [0, 0.05) is 24.4 Å². The quantitative estimate of drug-likeness (QED) is 0.691. The Morgan fingerprint density at radius 3 is 2.70 bits per heavy atom. The van der Waals surface area contributed by atoms with E-state index in [2.05, 4.69) is 10.3 Å². The SMILES string of the molecule is O=C(CCC(=O)c1ccc(Cl)s1)Nc1cccc2cccnc12. The van der Waals surface area contributed by atoms with E-state index < -0.39 is 0 Å². The summed E-state index contributed by atoms with van der Waals surface area (Å²) in [4.78, 5) is 28.9. The van der Waals surface area contributed by atoms with Crippen molar-refractivity contribution in [2.24, 2.45) is 0 Å². The zero-order valence-corrected chi connectivity index (χ0v) is 13.7. The zero-order valence-electron chi connectivity index (χ0n) is 12.1. The number of halogens is 1. The molecule has 1 aromatic carbocycles. The molecule has 4 nitrogen and oxygen atoms in total. The maximum Gasteiger partial charge on any atom is 0.224 e. The summed E-state index contributed by atoms with van der Waals surface area (Å²) < 4.78 is 0.569. The van der Waals surface area contributed by atoms with E-state index in [-0.39, 0.29) is 24.5 Å². The number of hydrogen-bond donors (Lipinski definition) is 1. The van der Waals surface area contributed by atoms with Gasteiger partial charge in [-0.05, 0) is 24.3 Å². The van der Waals surface area contributed by atoms with E-state index in [9.17, 15) is 9.59 Å². The van der Waals surface area contributed by atoms with Crippen molar-refractivity contribution in [2.75, 3.05) is 5.32 Å². The molecular formula is C17H13ClN2O2S. The number of nitrogens with zero attached hydrogens (tertiary/aromatic N) is 1. The molecule has 0 saturated heterocycles. The highest BCUT2D eigenvalue weighted by molar-refractivity contribution is 7.18. The highest BCUT2D eigenvalue weighted by Gasteiger charge is 2.12. The van der Waals surface area contributed by atoms with Crippen molar-refractivity contribution in [1.82, 2.24) is 4.98 Å². The number of para-hydroxylation sites is 1. The molecular weight excluding hydrogens is 332 g/mol. The third kappa shape index (κ3) is 3.75. The van der Waals surface area contributed by atoms with Gasteiger partial charge in [0.15, 0.2) is 5.78 Å². The van der Waals surface area contributed by atoms with Gasteiger partial charge in [-0.1, -0.05) is 29.8 Å². The maximum absolute atomic E-state index is 12.1. The molecule has 116 valence electrons. The number of pyridine rings is 1. The molecule has 0 fully saturated rings. The molecule has 0 bridgehead atoms. The Labute approximate surface area is 142 Å². The van der Waals surface area contributed by atoms with Gasteiger partial charge in [-0.3, -0.25) is 14.6 Å². The average molecular weight is 345 g/mol. The van der Waals surface area contributed by atoms with Crippen LogP contribution in [0.15, 0.2) is 48.7 Å². The number of carbonyl (C=O) groups is 2. The van der Waals surface area contributed by atoms with Gasteiger partial charge < -0.3 is 5.32 Å². The molecule has 2 aromatic heterocycles. The van der Waals surface area contributed by atoms with Crippen LogP contribution < -0.4 is 5.32 Å². The van der Waals surface area contributed by atoms with Crippen molar-refractivity contribution in [3.63, 3.8) is 0 Å². The van der Waals surface area contributed by atoms with E-state index in [0.717, 1.165) is 10.9 Å². The molecule has 0 saturated carbocycles. The van der Waals surface area contributed by atoms with Crippen molar-refractivity contribution >= 4 is 51.2 Å². The third-order valence-electron chi connectivity index (χ3n) is 3.33. The van der Waals surface area contributed by atoms with Crippen LogP contribution in [0.5, 0.6) is 0 Å². The second kappa shape index (κ2) is 6.89. The highest BCUT2D eigenvalue weighted by Crippen LogP contribution is 2.23. The van der Waals surface area contributed by atoms with Crippen molar-refractivity contribution in [1.29, 1.82) is 0 Å². The highest BCUT2D eigenvalue weighted by atomic mass is 35.5. The van der Waals surface area contributed by atoms with Gasteiger partial charge in [0.25, 0.3) is 0 Å². The lowest BCUT2D eigenvalue weighted by Crippen LogP contribution is -2.13. The first-order valence-electron chi connectivity index (χ1n) is 7.05. The van der Waals surface area contributed by atoms with Crippen LogP contribution in [0.3, 0.4) is 0 Å². The number of thiophene rings is 1. The normalized spacial score (nSPS) is 10.7. The summed E-state index contributed by atoms with van der Waals surface area (Å²) in [6, 6.07) is 12.7. The Morgan fingerprint density at radius 2 is 1.91 bits per heavy atom. The molecule has 0 unspecified atom stereocenters. The van der Waals surface area contributed by atoms with E-state index in [4.69, 9.17) is 11.6 Å². The minimum Gasteiger partial charge on any atom is -0.324 e. The van der Waals surface area contributed by atoms with Gasteiger partial charge >= 0.3 is 0 Å². The lowest BCUT2D eigenvalue weighted by Gasteiger charge is -2.07. The molecule has 2 heterocycles. The van der Waals surface area contributed by atoms with Crippen LogP contribution in [0.4, 0.5) is 5.69 Å². The fraction of sp³-hybridized carbons (Fsp3) is 0.118. The van der Waals surface area contributed by atoms with Crippen LogP contribution in [0.2, 0.25) is 4.34 Å². The standard InChI is InChI=1S/C17H13ClN2O2S/c18-15-8-7-14(23-15)13(21)6-9-16(22)20-12-5-1-3-11-4-2-10-19-17(11)12/h1-5,7-8,10H,6,9H2,(H,20,22). The molecule has 1 N–H and O–H groups in total. The fourth-order valence-electron chi connectivity index (χ4n) is 2.23. The number of benzene rings is 1. The van der Waals surface area contributed by atoms with E-state index in [1.807, 2.05) is 24.3 Å². The predicted molar refractivity (Wildman–Crippen MR) is 93.3 cm³/mol. The Hall–Kier alpha value is -2.24. The van der Waals surface area contributed by atoms with Crippen LogP contribution >= 0.6 is 22.9 Å². The number of hydrogen-bond acceptors (Lipinski definition) is 4. The first kappa shape index (κ1) is 15.6. The maximum atomic E-state index is 12.1. The molecule has 0 radical (unpaired) electrons. The van der Waals surface area contributed by atoms with E-state index in [1.165, 1.54) is 11.3 Å². The van der Waals surface area contributed by atoms with Gasteiger partial charge in [0.05, 0.1) is 20.4 Å². The Bertz CT molecular complexity index is 870. The number of ketones is 1. The topological polar surface area (TPSA) is 59.1 Å². The molecule has 0 aliphatic carbocycles. The van der Waals surface area contributed by atoms with E-state index in [0.29, 0.717) is 14.9 Å². The lowest BCUT2D eigenvalue weighted by molar-refractivity contribution is -0.116. The molecule has 0 atom stereocenters. The number of rotatable bonds is 5. The average Bonchev–Trinajstić information content (AvgIpc) is 2.99. The number of amides is 1. The van der Waals surface area contributed by atoms with Crippen LogP contribution in [0.25, 0.3) is 10.9 Å². The van der Waals surface area contributed by atoms with Gasteiger partial charge in [-0.25, -0.2) is 0 Å². The summed E-state index contributed by atoms with van der Waals surface area (Å²) in [6.45, 7) is 0. The fourth-order valence-corrected chi connectivity index (χ4v) is 3.24. The number of aromatic nitrogens is 1. The smallest absolute Gasteiger partial charge is 0.224 e. The van der Waals surface area contributed by atoms with Crippen LogP contribution in [0, 0.1) is 0 Å². The molecule has 23 heavy (non-hydrogen) atoms. The zero-order chi connectivity index (χ0) is 16.2. The van der Waals surface area contributed by atoms with Gasteiger partial charge in [0.2, 0.25) is 5.91 Å². The van der Waals surface area contributed by atoms with Crippen LogP contribution in [-0.4, -0.2) is 16.7 Å². The lowest BCUT2D eigenvalue weighted by atomic mass is 10.1. The first-order chi connectivity index (χ1) is 11.1. The Kier molecular flexibility index (Phi) is 4.69. The summed E-state index contributed by atoms with van der Waals surface area (Å²) in [5, 5.41) is 3.77. The molecule has 0 spiro atoms. The summed E-state index contributed by atoms with van der Waals surface area (Å²) in [5.41, 5.74) is 1.39. The predicted octanol–water partition coefficient (Wildman–Crippen LogP) is 4.55. The summed E-state index contributed by atoms with van der Waals surface area (Å²) >= 11 is 7.04. The molecule has 3 rings (SSSR count). The van der Waals surface area contributed by atoms with Crippen molar-refractivity contribution in [3.8, 4) is 0 Å². The number of nitrogens with one attached hydrogen (secondary N) is 1. The minimum atomic E-state index is -0.209. The second-order valence-electron chi connectivity index (χ2n) is 4.96. The minimum absolute atomic E-state index is 0.0758. The number of carbonyl (C=O) groups excluding carboxylic acids is 2. The summed E-state index contributed by atoms with van der Waals surface area (Å²) in [5.74, 6) is -0.285. The van der Waals surface area contributed by atoms with Crippen molar-refractivity contribution < 1.29 is 9.59 Å². The van der Waals surface area contributed by atoms with E-state index >= 15 is 0 Å². The number of anilines is 1. The van der Waals surface area contributed by atoms with Gasteiger partial charge in [0.1, 0.15) is 0 Å². The molecule has 1 amide bonds. The van der Waals surface area contributed by atoms with Crippen LogP contribution in [0.1, 0.15) is 22.5 Å². The first-order valence-corrected chi connectivity index (χ1v) is 8.25. The number of Topliss-reactive ketones (excluding diaryl/α,β-unsaturated/α-hetero) is 1. The van der Waals surface area contributed by atoms with Crippen molar-refractivity contribution in [3.05, 3.63) is 57.9 Å². The Balaban J connectivity index is 1.64. The molecule has 6 heteroatoms. The van der Waals surface area contributed by atoms with E-state index in [1.54, 1.807) is 24.4 Å². The third-order valence-corrected chi connectivity index (χ3v) is 4.61. The molecule has 0 aliphatic heterocycles. The molecule has 0 aliphatic rings. The van der Waals surface area contributed by atoms with Crippen molar-refractivity contribution in [2.45, 2.75) is 12.8 Å². The van der Waals surface area contributed by atoms with Crippen LogP contribution in [-0.2, 0) is 4.79 Å². The van der Waals surface area contributed by atoms with Gasteiger partial charge in [-0.2, -0.15) is 0 Å². The monoisotopic (exact) mass is 344 g/mol. The largest absolute Gasteiger partial charge is 0.324 e.